The fraction of sp³-hybridized carbons (Fsp3) is 0.476. The van der Waals surface area contributed by atoms with Crippen LogP contribution >= 0.6 is 0 Å². The number of hydrogen-bond acceptors (Lipinski definition) is 5. The summed E-state index contributed by atoms with van der Waals surface area (Å²) in [6.45, 7) is 2.33. The Hall–Kier alpha value is -2.34. The molecule has 2 atom stereocenters. The number of nitrogens with one attached hydrogen (secondary N) is 1. The molecular weight excluding hydrogens is 392 g/mol. The summed E-state index contributed by atoms with van der Waals surface area (Å²) in [6.07, 6.45) is 10.4. The summed E-state index contributed by atoms with van der Waals surface area (Å²) in [5.74, 6) is 1.90. The van der Waals surface area contributed by atoms with Gasteiger partial charge in [-0.05, 0) is 50.5 Å². The number of ether oxygens (including phenoxy) is 1. The molecule has 1 aliphatic rings. The fourth-order valence-electron chi connectivity index (χ4n) is 3.32. The molecule has 0 radical (unpaired) electrons. The van der Waals surface area contributed by atoms with E-state index < -0.39 is 26.8 Å². The lowest BCUT2D eigenvalue weighted by Crippen LogP contribution is -2.51. The van der Waals surface area contributed by atoms with Gasteiger partial charge in [0.2, 0.25) is 0 Å². The van der Waals surface area contributed by atoms with Crippen LogP contribution in [0, 0.1) is 12.3 Å². The normalized spacial score (nSPS) is 19.4. The summed E-state index contributed by atoms with van der Waals surface area (Å²) in [5.41, 5.74) is 4.01. The van der Waals surface area contributed by atoms with E-state index in [0.717, 1.165) is 35.6 Å². The number of fused-ring (bicyclic) bond motifs is 1. The Kier molecular flexibility index (Phi) is 6.32. The Morgan fingerprint density at radius 3 is 2.86 bits per heavy atom. The summed E-state index contributed by atoms with van der Waals surface area (Å²) in [7, 11) is -3.71. The molecule has 0 saturated carbocycles. The maximum Gasteiger partial charge on any atom is 0.264 e. The molecule has 1 unspecified atom stereocenters. The SMILES string of the molecule is C#Cc1ccc2c(ccn2CC[C@](C)(C(=O)NOC2CCCCO2)S(C)(=O)=O)c1. The molecule has 2 heterocycles. The molecule has 3 rings (SSSR count). The lowest BCUT2D eigenvalue weighted by Gasteiger charge is -2.28. The molecule has 1 amide bonds. The number of terminal acetylenes is 1. The summed E-state index contributed by atoms with van der Waals surface area (Å²) in [5, 5.41) is 0.962. The third-order valence-corrected chi connectivity index (χ3v) is 7.51. The predicted molar refractivity (Wildman–Crippen MR) is 111 cm³/mol. The van der Waals surface area contributed by atoms with E-state index in [1.54, 1.807) is 0 Å². The number of nitrogens with zero attached hydrogens (tertiary/aromatic N) is 1. The molecular formula is C21H26N2O5S. The van der Waals surface area contributed by atoms with Crippen molar-refractivity contribution in [3.05, 3.63) is 36.0 Å². The van der Waals surface area contributed by atoms with Crippen molar-refractivity contribution < 1.29 is 22.8 Å². The highest BCUT2D eigenvalue weighted by Gasteiger charge is 2.44. The van der Waals surface area contributed by atoms with E-state index in [2.05, 4.69) is 11.4 Å². The van der Waals surface area contributed by atoms with Gasteiger partial charge < -0.3 is 9.30 Å². The van der Waals surface area contributed by atoms with Crippen molar-refractivity contribution in [2.24, 2.45) is 0 Å². The van der Waals surface area contributed by atoms with Crippen molar-refractivity contribution in [3.63, 3.8) is 0 Å². The highest BCUT2D eigenvalue weighted by molar-refractivity contribution is 7.92. The Labute approximate surface area is 171 Å². The second kappa shape index (κ2) is 8.57. The molecule has 7 nitrogen and oxygen atoms in total. The Morgan fingerprint density at radius 1 is 1.41 bits per heavy atom. The van der Waals surface area contributed by atoms with Gasteiger partial charge in [0.1, 0.15) is 0 Å². The van der Waals surface area contributed by atoms with Gasteiger partial charge in [-0.2, -0.15) is 0 Å². The molecule has 0 spiro atoms. The zero-order valence-electron chi connectivity index (χ0n) is 16.7. The van der Waals surface area contributed by atoms with E-state index in [9.17, 15) is 13.2 Å². The molecule has 1 N–H and O–H groups in total. The number of aromatic nitrogens is 1. The Morgan fingerprint density at radius 2 is 2.21 bits per heavy atom. The second-order valence-electron chi connectivity index (χ2n) is 7.53. The molecule has 0 bridgehead atoms. The van der Waals surface area contributed by atoms with Crippen molar-refractivity contribution >= 4 is 26.6 Å². The van der Waals surface area contributed by atoms with Crippen LogP contribution in [-0.4, -0.2) is 42.8 Å². The van der Waals surface area contributed by atoms with Crippen LogP contribution < -0.4 is 5.48 Å². The summed E-state index contributed by atoms with van der Waals surface area (Å²) in [4.78, 5) is 18.1. The zero-order chi connectivity index (χ0) is 21.1. The first-order chi connectivity index (χ1) is 13.7. The summed E-state index contributed by atoms with van der Waals surface area (Å²) >= 11 is 0. The van der Waals surface area contributed by atoms with Gasteiger partial charge in [0.05, 0.1) is 0 Å². The maximum atomic E-state index is 12.8. The number of carbonyl (C=O) groups excluding carboxylic acids is 1. The van der Waals surface area contributed by atoms with Crippen LogP contribution in [0.5, 0.6) is 0 Å². The zero-order valence-corrected chi connectivity index (χ0v) is 17.5. The van der Waals surface area contributed by atoms with Crippen LogP contribution in [0.1, 0.15) is 38.2 Å². The van der Waals surface area contributed by atoms with Crippen LogP contribution in [0.15, 0.2) is 30.5 Å². The molecule has 1 aromatic carbocycles. The third-order valence-electron chi connectivity index (χ3n) is 5.49. The van der Waals surface area contributed by atoms with Gasteiger partial charge >= 0.3 is 0 Å². The number of amides is 1. The van der Waals surface area contributed by atoms with Crippen molar-refractivity contribution in [2.75, 3.05) is 12.9 Å². The van der Waals surface area contributed by atoms with Gasteiger partial charge in [-0.3, -0.25) is 4.79 Å². The number of aryl methyl sites for hydroxylation is 1. The minimum absolute atomic E-state index is 0.0905. The number of carbonyl (C=O) groups is 1. The molecule has 8 heteroatoms. The van der Waals surface area contributed by atoms with E-state index in [-0.39, 0.29) is 6.42 Å². The molecule has 1 fully saturated rings. The highest BCUT2D eigenvalue weighted by atomic mass is 32.2. The van der Waals surface area contributed by atoms with Crippen LogP contribution in [0.3, 0.4) is 0 Å². The van der Waals surface area contributed by atoms with Crippen molar-refractivity contribution in [1.82, 2.24) is 10.0 Å². The van der Waals surface area contributed by atoms with E-state index >= 15 is 0 Å². The van der Waals surface area contributed by atoms with Crippen LogP contribution in [-0.2, 0) is 30.8 Å². The first-order valence-corrected chi connectivity index (χ1v) is 11.5. The minimum atomic E-state index is -3.71. The van der Waals surface area contributed by atoms with Gasteiger partial charge in [0, 0.05) is 48.5 Å². The monoisotopic (exact) mass is 418 g/mol. The van der Waals surface area contributed by atoms with Gasteiger partial charge in [-0.25, -0.2) is 18.7 Å². The summed E-state index contributed by atoms with van der Waals surface area (Å²) < 4.78 is 30.6. The number of hydrogen-bond donors (Lipinski definition) is 1. The minimum Gasteiger partial charge on any atom is -0.350 e. The van der Waals surface area contributed by atoms with Gasteiger partial charge in [0.25, 0.3) is 5.91 Å². The maximum absolute atomic E-state index is 12.8. The largest absolute Gasteiger partial charge is 0.350 e. The average molecular weight is 419 g/mol. The number of hydroxylamine groups is 1. The van der Waals surface area contributed by atoms with E-state index in [4.69, 9.17) is 16.0 Å². The summed E-state index contributed by atoms with van der Waals surface area (Å²) in [6, 6.07) is 7.54. The van der Waals surface area contributed by atoms with E-state index in [0.29, 0.717) is 19.6 Å². The van der Waals surface area contributed by atoms with Crippen LogP contribution in [0.2, 0.25) is 0 Å². The lowest BCUT2D eigenvalue weighted by molar-refractivity contribution is -0.201. The molecule has 156 valence electrons. The molecule has 1 aliphatic heterocycles. The fourth-order valence-corrected chi connectivity index (χ4v) is 4.16. The van der Waals surface area contributed by atoms with Gasteiger partial charge in [-0.1, -0.05) is 5.92 Å². The van der Waals surface area contributed by atoms with Crippen molar-refractivity contribution in [3.8, 4) is 12.3 Å². The molecule has 2 aromatic rings. The number of benzene rings is 1. The molecule has 1 saturated heterocycles. The van der Waals surface area contributed by atoms with E-state index in [1.807, 2.05) is 35.0 Å². The van der Waals surface area contributed by atoms with Crippen LogP contribution in [0.25, 0.3) is 10.9 Å². The first kappa shape index (κ1) is 21.4. The van der Waals surface area contributed by atoms with E-state index in [1.165, 1.54) is 6.92 Å². The number of rotatable bonds is 7. The first-order valence-electron chi connectivity index (χ1n) is 9.57. The Bertz CT molecular complexity index is 1030. The smallest absolute Gasteiger partial charge is 0.264 e. The van der Waals surface area contributed by atoms with Gasteiger partial charge in [-0.15, -0.1) is 6.42 Å². The molecule has 29 heavy (non-hydrogen) atoms. The lowest BCUT2D eigenvalue weighted by atomic mass is 10.1. The Balaban J connectivity index is 1.73. The standard InChI is InChI=1S/C21H26N2O5S/c1-4-16-8-9-18-17(15-16)10-12-23(18)13-11-21(2,29(3,25)26)20(24)22-28-19-7-5-6-14-27-19/h1,8-10,12,15,19H,5-7,11,13-14H2,2-3H3,(H,22,24)/t19?,21-/m1/s1. The average Bonchev–Trinajstić information content (AvgIpc) is 3.12. The second-order valence-corrected chi connectivity index (χ2v) is 9.97. The number of sulfone groups is 1. The third kappa shape index (κ3) is 4.64. The van der Waals surface area contributed by atoms with Crippen LogP contribution in [0.4, 0.5) is 0 Å². The predicted octanol–water partition coefficient (Wildman–Crippen LogP) is 2.39. The highest BCUT2D eigenvalue weighted by Crippen LogP contribution is 2.25. The van der Waals surface area contributed by atoms with Crippen molar-refractivity contribution in [1.29, 1.82) is 0 Å². The molecule has 1 aromatic heterocycles. The van der Waals surface area contributed by atoms with Gasteiger partial charge in [0.15, 0.2) is 20.9 Å². The topological polar surface area (TPSA) is 86.6 Å². The quantitative estimate of drug-likeness (QED) is 0.551. The molecule has 0 aliphatic carbocycles. The van der Waals surface area contributed by atoms with Crippen molar-refractivity contribution in [2.45, 2.75) is 50.2 Å².